The number of fused-ring (bicyclic) bond motifs is 1. The van der Waals surface area contributed by atoms with Gasteiger partial charge in [0.2, 0.25) is 0 Å². The molecule has 1 aromatic carbocycles. The molecule has 1 aliphatic rings. The highest BCUT2D eigenvalue weighted by atomic mass is 16.5. The molecule has 0 aromatic heterocycles. The van der Waals surface area contributed by atoms with E-state index in [9.17, 15) is 14.4 Å². The van der Waals surface area contributed by atoms with Crippen LogP contribution in [0.25, 0.3) is 0 Å². The number of Topliss-reactive ketones (excluding diaryl/α,β-unsaturated/α-hetero) is 2. The topological polar surface area (TPSA) is 82.1 Å². The first-order chi connectivity index (χ1) is 16.0. The summed E-state index contributed by atoms with van der Waals surface area (Å²) in [5.41, 5.74) is 1.34. The Morgan fingerprint density at radius 2 is 1.64 bits per heavy atom. The van der Waals surface area contributed by atoms with Crippen LogP contribution in [0.2, 0.25) is 0 Å². The van der Waals surface area contributed by atoms with Crippen molar-refractivity contribution < 1.29 is 28.6 Å². The average molecular weight is 464 g/mol. The highest BCUT2D eigenvalue weighted by molar-refractivity contribution is 6.01. The molecule has 1 aliphatic heterocycles. The lowest BCUT2D eigenvalue weighted by molar-refractivity contribution is -0.122. The first kappa shape index (κ1) is 28.8. The zero-order valence-electron chi connectivity index (χ0n) is 21.0. The molecule has 0 saturated heterocycles. The van der Waals surface area contributed by atoms with E-state index in [1.807, 2.05) is 26.8 Å². The molecule has 0 fully saturated rings. The van der Waals surface area contributed by atoms with E-state index in [0.717, 1.165) is 25.0 Å². The van der Waals surface area contributed by atoms with E-state index in [-0.39, 0.29) is 17.5 Å². The highest BCUT2D eigenvalue weighted by Gasteiger charge is 2.36. The normalized spacial score (nSPS) is 13.2. The Morgan fingerprint density at radius 3 is 2.27 bits per heavy atom. The summed E-state index contributed by atoms with van der Waals surface area (Å²) in [4.78, 5) is 38.7. The van der Waals surface area contributed by atoms with Crippen molar-refractivity contribution in [3.63, 3.8) is 0 Å². The van der Waals surface area contributed by atoms with E-state index in [2.05, 4.69) is 6.92 Å². The molecule has 1 heterocycles. The molecule has 1 unspecified atom stereocenters. The summed E-state index contributed by atoms with van der Waals surface area (Å²) >= 11 is 0. The maximum atomic E-state index is 13.0. The predicted octanol–water partition coefficient (Wildman–Crippen LogP) is 4.60. The van der Waals surface area contributed by atoms with Crippen molar-refractivity contribution in [2.75, 3.05) is 33.0 Å². The van der Waals surface area contributed by atoms with Crippen LogP contribution in [-0.4, -0.2) is 61.4 Å². The summed E-state index contributed by atoms with van der Waals surface area (Å²) in [6.45, 7) is 12.4. The smallest absolute Gasteiger partial charge is 0.255 e. The molecule has 33 heavy (non-hydrogen) atoms. The molecule has 0 aliphatic carbocycles. The van der Waals surface area contributed by atoms with Crippen LogP contribution >= 0.6 is 0 Å². The van der Waals surface area contributed by atoms with Gasteiger partial charge in [-0.25, -0.2) is 0 Å². The first-order valence-corrected chi connectivity index (χ1v) is 12.2. The van der Waals surface area contributed by atoms with Gasteiger partial charge >= 0.3 is 0 Å². The summed E-state index contributed by atoms with van der Waals surface area (Å²) in [6, 6.07) is 4.77. The van der Waals surface area contributed by atoms with Crippen LogP contribution in [0.5, 0.6) is 5.75 Å². The number of carbonyl (C=O) groups is 3. The van der Waals surface area contributed by atoms with Crippen molar-refractivity contribution in [3.05, 3.63) is 29.3 Å². The summed E-state index contributed by atoms with van der Waals surface area (Å²) in [5.74, 6) is 0.463. The van der Waals surface area contributed by atoms with Crippen LogP contribution in [0.15, 0.2) is 18.2 Å². The summed E-state index contributed by atoms with van der Waals surface area (Å²) in [5, 5.41) is 0. The summed E-state index contributed by atoms with van der Waals surface area (Å²) in [6.07, 6.45) is 2.94. The van der Waals surface area contributed by atoms with Crippen molar-refractivity contribution in [2.24, 2.45) is 0 Å². The zero-order valence-corrected chi connectivity index (χ0v) is 21.0. The van der Waals surface area contributed by atoms with Gasteiger partial charge in [0.15, 0.2) is 5.78 Å². The third kappa shape index (κ3) is 9.26. The Bertz CT molecular complexity index is 748. The summed E-state index contributed by atoms with van der Waals surface area (Å²) < 4.78 is 16.7. The third-order valence-corrected chi connectivity index (χ3v) is 5.23. The fourth-order valence-electron chi connectivity index (χ4n) is 3.67. The second-order valence-corrected chi connectivity index (χ2v) is 7.74. The standard InChI is InChI=1S/C24H35NO6.C2H6/c1-4-7-19(27)10-11-22(18(3)26)25-17-21-20(24(25)28)8-6-9-23(21)31-16-15-30-14-13-29-12-5-2;1-2/h6,8-9,22H,4-5,7,10-17H2,1-3H3;1-2H3. The van der Waals surface area contributed by atoms with Crippen LogP contribution in [0.3, 0.4) is 0 Å². The second-order valence-electron chi connectivity index (χ2n) is 7.74. The minimum Gasteiger partial charge on any atom is -0.491 e. The lowest BCUT2D eigenvalue weighted by Crippen LogP contribution is -2.40. The van der Waals surface area contributed by atoms with Gasteiger partial charge in [0, 0.05) is 30.6 Å². The lowest BCUT2D eigenvalue weighted by Gasteiger charge is -2.25. The number of nitrogens with zero attached hydrogens (tertiary/aromatic N) is 1. The molecule has 7 nitrogen and oxygen atoms in total. The number of rotatable bonds is 16. The zero-order chi connectivity index (χ0) is 24.6. The van der Waals surface area contributed by atoms with E-state index < -0.39 is 6.04 Å². The second kappa shape index (κ2) is 16.4. The Balaban J connectivity index is 0.00000265. The molecular formula is C26H41NO6. The number of hydrogen-bond acceptors (Lipinski definition) is 6. The van der Waals surface area contributed by atoms with E-state index >= 15 is 0 Å². The van der Waals surface area contributed by atoms with Gasteiger partial charge < -0.3 is 19.1 Å². The van der Waals surface area contributed by atoms with Gasteiger partial charge in [-0.2, -0.15) is 0 Å². The molecule has 0 N–H and O–H groups in total. The van der Waals surface area contributed by atoms with Crippen molar-refractivity contribution in [1.82, 2.24) is 4.90 Å². The number of carbonyl (C=O) groups excluding carboxylic acids is 3. The molecule has 1 atom stereocenters. The molecule has 0 bridgehead atoms. The summed E-state index contributed by atoms with van der Waals surface area (Å²) in [7, 11) is 0. The maximum Gasteiger partial charge on any atom is 0.255 e. The molecule has 7 heteroatoms. The van der Waals surface area contributed by atoms with E-state index in [0.29, 0.717) is 63.5 Å². The van der Waals surface area contributed by atoms with Crippen LogP contribution in [0, 0.1) is 0 Å². The highest BCUT2D eigenvalue weighted by Crippen LogP contribution is 2.33. The van der Waals surface area contributed by atoms with E-state index in [1.165, 1.54) is 6.92 Å². The number of ether oxygens (including phenoxy) is 3. The van der Waals surface area contributed by atoms with Crippen molar-refractivity contribution in [3.8, 4) is 5.75 Å². The maximum absolute atomic E-state index is 13.0. The Kier molecular flexibility index (Phi) is 14.3. The van der Waals surface area contributed by atoms with Crippen molar-refractivity contribution in [2.45, 2.75) is 79.3 Å². The lowest BCUT2D eigenvalue weighted by atomic mass is 10.0. The van der Waals surface area contributed by atoms with Gasteiger partial charge in [-0.1, -0.05) is 33.8 Å². The monoisotopic (exact) mass is 463 g/mol. The molecule has 0 saturated carbocycles. The SMILES string of the molecule is CC.CCCOCCOCCOc1cccc2c1CN(C(CCC(=O)CCC)C(C)=O)C2=O. The van der Waals surface area contributed by atoms with Crippen LogP contribution in [-0.2, 0) is 25.6 Å². The predicted molar refractivity (Wildman–Crippen MR) is 129 cm³/mol. The minimum atomic E-state index is -0.597. The number of benzene rings is 1. The van der Waals surface area contributed by atoms with Gasteiger partial charge in [-0.15, -0.1) is 0 Å². The molecular weight excluding hydrogens is 422 g/mol. The Morgan fingerprint density at radius 1 is 0.970 bits per heavy atom. The van der Waals surface area contributed by atoms with Crippen molar-refractivity contribution >= 4 is 17.5 Å². The molecule has 0 spiro atoms. The molecule has 186 valence electrons. The molecule has 2 rings (SSSR count). The van der Waals surface area contributed by atoms with E-state index in [1.54, 1.807) is 17.0 Å². The quantitative estimate of drug-likeness (QED) is 0.333. The van der Waals surface area contributed by atoms with E-state index in [4.69, 9.17) is 14.2 Å². The average Bonchev–Trinajstić information content (AvgIpc) is 3.14. The fraction of sp³-hybridized carbons (Fsp3) is 0.654. The van der Waals surface area contributed by atoms with Gasteiger partial charge in [-0.3, -0.25) is 14.4 Å². The number of ketones is 2. The number of amides is 1. The third-order valence-electron chi connectivity index (χ3n) is 5.23. The minimum absolute atomic E-state index is 0.105. The largest absolute Gasteiger partial charge is 0.491 e. The fourth-order valence-corrected chi connectivity index (χ4v) is 3.67. The van der Waals surface area contributed by atoms with Crippen LogP contribution < -0.4 is 4.74 Å². The Hall–Kier alpha value is -2.25. The first-order valence-electron chi connectivity index (χ1n) is 12.2. The Labute approximate surface area is 198 Å². The van der Waals surface area contributed by atoms with Crippen LogP contribution in [0.4, 0.5) is 0 Å². The number of hydrogen-bond donors (Lipinski definition) is 0. The molecule has 1 amide bonds. The van der Waals surface area contributed by atoms with Gasteiger partial charge in [0.25, 0.3) is 5.91 Å². The molecule has 1 aromatic rings. The van der Waals surface area contributed by atoms with Gasteiger partial charge in [0.05, 0.1) is 32.4 Å². The van der Waals surface area contributed by atoms with Gasteiger partial charge in [0.1, 0.15) is 18.1 Å². The van der Waals surface area contributed by atoms with Gasteiger partial charge in [-0.05, 0) is 38.3 Å². The molecule has 0 radical (unpaired) electrons. The van der Waals surface area contributed by atoms with Crippen molar-refractivity contribution in [1.29, 1.82) is 0 Å². The van der Waals surface area contributed by atoms with Crippen LogP contribution in [0.1, 0.15) is 82.6 Å².